The summed E-state index contributed by atoms with van der Waals surface area (Å²) in [5, 5.41) is 8.84. The molecule has 1 aliphatic rings. The van der Waals surface area contributed by atoms with Crippen molar-refractivity contribution in [3.05, 3.63) is 30.3 Å². The predicted octanol–water partition coefficient (Wildman–Crippen LogP) is 2.32. The third-order valence-corrected chi connectivity index (χ3v) is 2.78. The Kier molecular flexibility index (Phi) is 2.90. The van der Waals surface area contributed by atoms with Crippen LogP contribution in [0, 0.1) is 5.92 Å². The molecule has 1 saturated carbocycles. The van der Waals surface area contributed by atoms with Gasteiger partial charge in [-0.3, -0.25) is 4.79 Å². The molecule has 0 aromatic heterocycles. The van der Waals surface area contributed by atoms with Crippen molar-refractivity contribution in [3.63, 3.8) is 0 Å². The first-order chi connectivity index (χ1) is 7.25. The highest BCUT2D eigenvalue weighted by molar-refractivity contribution is 5.70. The van der Waals surface area contributed by atoms with Crippen LogP contribution in [0.25, 0.3) is 0 Å². The lowest BCUT2D eigenvalue weighted by atomic mass is 10.1. The van der Waals surface area contributed by atoms with Gasteiger partial charge in [0.1, 0.15) is 5.75 Å². The molecule has 0 radical (unpaired) electrons. The molecule has 0 spiro atoms. The summed E-state index contributed by atoms with van der Waals surface area (Å²) in [6.45, 7) is 0. The van der Waals surface area contributed by atoms with E-state index in [1.807, 2.05) is 30.3 Å². The van der Waals surface area contributed by atoms with Crippen molar-refractivity contribution in [2.24, 2.45) is 5.92 Å². The molecule has 0 saturated heterocycles. The topological polar surface area (TPSA) is 46.5 Å². The molecule has 1 fully saturated rings. The van der Waals surface area contributed by atoms with E-state index in [1.165, 1.54) is 0 Å². The predicted molar refractivity (Wildman–Crippen MR) is 55.8 cm³/mol. The Morgan fingerprint density at radius 3 is 2.60 bits per heavy atom. The number of ether oxygens (including phenoxy) is 1. The van der Waals surface area contributed by atoms with Gasteiger partial charge in [0.05, 0.1) is 12.0 Å². The summed E-state index contributed by atoms with van der Waals surface area (Å²) in [5.41, 5.74) is 0. The zero-order valence-electron chi connectivity index (χ0n) is 8.43. The second-order valence-corrected chi connectivity index (χ2v) is 3.90. The maximum Gasteiger partial charge on any atom is 0.306 e. The molecule has 1 aliphatic carbocycles. The lowest BCUT2D eigenvalue weighted by molar-refractivity contribution is -0.141. The van der Waals surface area contributed by atoms with Crippen LogP contribution in [0.5, 0.6) is 5.75 Å². The summed E-state index contributed by atoms with van der Waals surface area (Å²) >= 11 is 0. The minimum absolute atomic E-state index is 0.0634. The third kappa shape index (κ3) is 2.49. The summed E-state index contributed by atoms with van der Waals surface area (Å²) in [6, 6.07) is 9.56. The third-order valence-electron chi connectivity index (χ3n) is 2.78. The molecule has 15 heavy (non-hydrogen) atoms. The fraction of sp³-hybridized carbons (Fsp3) is 0.417. The van der Waals surface area contributed by atoms with E-state index < -0.39 is 5.97 Å². The largest absolute Gasteiger partial charge is 0.490 e. The van der Waals surface area contributed by atoms with Crippen molar-refractivity contribution >= 4 is 5.97 Å². The van der Waals surface area contributed by atoms with Crippen molar-refractivity contribution < 1.29 is 14.6 Å². The number of rotatable bonds is 3. The molecular formula is C12H14O3. The molecular weight excluding hydrogens is 192 g/mol. The van der Waals surface area contributed by atoms with E-state index in [0.717, 1.165) is 18.6 Å². The SMILES string of the molecule is O=C(O)[C@H]1CC[C@H](Oc2ccccc2)C1. The molecule has 0 bridgehead atoms. The Bertz CT molecular complexity index is 334. The smallest absolute Gasteiger partial charge is 0.306 e. The monoisotopic (exact) mass is 206 g/mol. The van der Waals surface area contributed by atoms with Crippen LogP contribution in [0.4, 0.5) is 0 Å². The molecule has 0 aliphatic heterocycles. The quantitative estimate of drug-likeness (QED) is 0.825. The first kappa shape index (κ1) is 10.0. The van der Waals surface area contributed by atoms with Crippen LogP contribution in [0.1, 0.15) is 19.3 Å². The van der Waals surface area contributed by atoms with Crippen molar-refractivity contribution in [3.8, 4) is 5.75 Å². The molecule has 1 aromatic rings. The van der Waals surface area contributed by atoms with Gasteiger partial charge in [-0.2, -0.15) is 0 Å². The van der Waals surface area contributed by atoms with E-state index in [-0.39, 0.29) is 12.0 Å². The second-order valence-electron chi connectivity index (χ2n) is 3.90. The Labute approximate surface area is 88.7 Å². The van der Waals surface area contributed by atoms with Crippen LogP contribution in [0.3, 0.4) is 0 Å². The number of hydrogen-bond donors (Lipinski definition) is 1. The Morgan fingerprint density at radius 2 is 2.00 bits per heavy atom. The molecule has 0 amide bonds. The van der Waals surface area contributed by atoms with Crippen LogP contribution < -0.4 is 4.74 Å². The molecule has 2 atom stereocenters. The van der Waals surface area contributed by atoms with Gasteiger partial charge in [0, 0.05) is 0 Å². The first-order valence-electron chi connectivity index (χ1n) is 5.20. The second kappa shape index (κ2) is 4.34. The number of carboxylic acid groups (broad SMARTS) is 1. The van der Waals surface area contributed by atoms with Crippen LogP contribution in [0.2, 0.25) is 0 Å². The first-order valence-corrected chi connectivity index (χ1v) is 5.20. The Morgan fingerprint density at radius 1 is 1.27 bits per heavy atom. The normalized spacial score (nSPS) is 25.1. The van der Waals surface area contributed by atoms with Crippen LogP contribution in [-0.2, 0) is 4.79 Å². The van der Waals surface area contributed by atoms with Crippen LogP contribution in [-0.4, -0.2) is 17.2 Å². The van der Waals surface area contributed by atoms with Gasteiger partial charge in [-0.1, -0.05) is 18.2 Å². The Hall–Kier alpha value is -1.51. The Balaban J connectivity index is 1.90. The highest BCUT2D eigenvalue weighted by atomic mass is 16.5. The van der Waals surface area contributed by atoms with Gasteiger partial charge >= 0.3 is 5.97 Å². The van der Waals surface area contributed by atoms with Gasteiger partial charge in [0.15, 0.2) is 0 Å². The molecule has 3 nitrogen and oxygen atoms in total. The van der Waals surface area contributed by atoms with E-state index in [4.69, 9.17) is 9.84 Å². The average molecular weight is 206 g/mol. The van der Waals surface area contributed by atoms with Gasteiger partial charge in [0.25, 0.3) is 0 Å². The van der Waals surface area contributed by atoms with Crippen molar-refractivity contribution in [1.82, 2.24) is 0 Å². The fourth-order valence-corrected chi connectivity index (χ4v) is 1.96. The number of hydrogen-bond acceptors (Lipinski definition) is 2. The minimum Gasteiger partial charge on any atom is -0.490 e. The zero-order valence-corrected chi connectivity index (χ0v) is 8.43. The number of carboxylic acids is 1. The van der Waals surface area contributed by atoms with E-state index >= 15 is 0 Å². The maximum atomic E-state index is 10.7. The van der Waals surface area contributed by atoms with E-state index in [2.05, 4.69) is 0 Å². The van der Waals surface area contributed by atoms with E-state index in [1.54, 1.807) is 0 Å². The number of benzene rings is 1. The molecule has 3 heteroatoms. The number of para-hydroxylation sites is 1. The number of aliphatic carboxylic acids is 1. The lowest BCUT2D eigenvalue weighted by Gasteiger charge is -2.12. The van der Waals surface area contributed by atoms with E-state index in [9.17, 15) is 4.79 Å². The molecule has 0 unspecified atom stereocenters. The summed E-state index contributed by atoms with van der Waals surface area (Å²) < 4.78 is 5.69. The van der Waals surface area contributed by atoms with Gasteiger partial charge in [-0.15, -0.1) is 0 Å². The summed E-state index contributed by atoms with van der Waals surface area (Å²) in [7, 11) is 0. The number of carbonyl (C=O) groups is 1. The van der Waals surface area contributed by atoms with Crippen LogP contribution in [0.15, 0.2) is 30.3 Å². The molecule has 0 heterocycles. The fourth-order valence-electron chi connectivity index (χ4n) is 1.96. The molecule has 1 aromatic carbocycles. The summed E-state index contributed by atoms with van der Waals surface area (Å²) in [5.74, 6) is -0.0959. The lowest BCUT2D eigenvalue weighted by Crippen LogP contribution is -2.15. The van der Waals surface area contributed by atoms with Gasteiger partial charge in [-0.25, -0.2) is 0 Å². The standard InChI is InChI=1S/C12H14O3/c13-12(14)9-6-7-11(8-9)15-10-4-2-1-3-5-10/h1-5,9,11H,6-8H2,(H,13,14)/t9-,11-/m0/s1. The minimum atomic E-state index is -0.700. The van der Waals surface area contributed by atoms with Crippen molar-refractivity contribution in [2.75, 3.05) is 0 Å². The summed E-state index contributed by atoms with van der Waals surface area (Å²) in [6.07, 6.45) is 2.26. The van der Waals surface area contributed by atoms with Gasteiger partial charge < -0.3 is 9.84 Å². The van der Waals surface area contributed by atoms with Gasteiger partial charge in [0.2, 0.25) is 0 Å². The van der Waals surface area contributed by atoms with Crippen LogP contribution >= 0.6 is 0 Å². The maximum absolute atomic E-state index is 10.7. The van der Waals surface area contributed by atoms with Crippen molar-refractivity contribution in [1.29, 1.82) is 0 Å². The van der Waals surface area contributed by atoms with E-state index in [0.29, 0.717) is 6.42 Å². The molecule has 2 rings (SSSR count). The average Bonchev–Trinajstić information content (AvgIpc) is 2.68. The molecule has 80 valence electrons. The zero-order chi connectivity index (χ0) is 10.7. The molecule has 1 N–H and O–H groups in total. The van der Waals surface area contributed by atoms with Gasteiger partial charge in [-0.05, 0) is 31.4 Å². The highest BCUT2D eigenvalue weighted by Crippen LogP contribution is 2.29. The van der Waals surface area contributed by atoms with Crippen molar-refractivity contribution in [2.45, 2.75) is 25.4 Å². The highest BCUT2D eigenvalue weighted by Gasteiger charge is 2.30. The summed E-state index contributed by atoms with van der Waals surface area (Å²) in [4.78, 5) is 10.7.